The van der Waals surface area contributed by atoms with Crippen molar-refractivity contribution in [1.29, 1.82) is 0 Å². The van der Waals surface area contributed by atoms with Crippen molar-refractivity contribution in [1.82, 2.24) is 0 Å². The second-order valence-corrected chi connectivity index (χ2v) is 6.71. The second kappa shape index (κ2) is 9.13. The van der Waals surface area contributed by atoms with Gasteiger partial charge in [-0.15, -0.1) is 0 Å². The maximum Gasteiger partial charge on any atom is 0.161 e. The summed E-state index contributed by atoms with van der Waals surface area (Å²) >= 11 is 0. The topological polar surface area (TPSA) is 30.5 Å². The summed E-state index contributed by atoms with van der Waals surface area (Å²) in [6.45, 7) is 8.04. The van der Waals surface area contributed by atoms with Crippen LogP contribution in [0.5, 0.6) is 11.5 Å². The molecule has 140 valence electrons. The van der Waals surface area contributed by atoms with Crippen molar-refractivity contribution in [2.24, 2.45) is 0 Å². The summed E-state index contributed by atoms with van der Waals surface area (Å²) in [5, 5.41) is 3.44. The van der Waals surface area contributed by atoms with Crippen LogP contribution in [-0.4, -0.2) is 6.61 Å². The third-order valence-electron chi connectivity index (χ3n) is 4.37. The lowest BCUT2D eigenvalue weighted by molar-refractivity contribution is 0.269. The number of benzene rings is 3. The summed E-state index contributed by atoms with van der Waals surface area (Å²) in [6.07, 6.45) is 0. The summed E-state index contributed by atoms with van der Waals surface area (Å²) in [4.78, 5) is 0. The van der Waals surface area contributed by atoms with E-state index in [1.165, 1.54) is 11.1 Å². The zero-order chi connectivity index (χ0) is 19.1. The number of hydrogen-bond donors (Lipinski definition) is 1. The number of ether oxygens (including phenoxy) is 2. The third-order valence-corrected chi connectivity index (χ3v) is 4.37. The molecule has 0 atom stereocenters. The maximum atomic E-state index is 6.00. The minimum atomic E-state index is 0.529. The molecule has 0 aliphatic carbocycles. The van der Waals surface area contributed by atoms with Crippen LogP contribution in [0.4, 0.5) is 5.69 Å². The molecule has 0 fully saturated rings. The molecule has 1 N–H and O–H groups in total. The van der Waals surface area contributed by atoms with Gasteiger partial charge in [-0.3, -0.25) is 0 Å². The lowest BCUT2D eigenvalue weighted by Crippen LogP contribution is -2.03. The molecular formula is C24H27NO2. The Morgan fingerprint density at radius 2 is 1.33 bits per heavy atom. The number of nitrogens with one attached hydrogen (secondary N) is 1. The number of rotatable bonds is 8. The first kappa shape index (κ1) is 18.8. The molecule has 0 unspecified atom stereocenters. The highest BCUT2D eigenvalue weighted by Crippen LogP contribution is 2.29. The fourth-order valence-electron chi connectivity index (χ4n) is 2.77. The van der Waals surface area contributed by atoms with Crippen LogP contribution in [0, 0.1) is 13.8 Å². The largest absolute Gasteiger partial charge is 0.490 e. The van der Waals surface area contributed by atoms with Crippen molar-refractivity contribution in [3.63, 3.8) is 0 Å². The predicted octanol–water partition coefficient (Wildman–Crippen LogP) is 5.89. The zero-order valence-corrected chi connectivity index (χ0v) is 16.3. The van der Waals surface area contributed by atoms with Gasteiger partial charge in [0.1, 0.15) is 6.61 Å². The van der Waals surface area contributed by atoms with E-state index in [-0.39, 0.29) is 0 Å². The van der Waals surface area contributed by atoms with E-state index in [1.54, 1.807) is 0 Å². The van der Waals surface area contributed by atoms with E-state index in [4.69, 9.17) is 9.47 Å². The van der Waals surface area contributed by atoms with E-state index in [9.17, 15) is 0 Å². The molecule has 0 amide bonds. The van der Waals surface area contributed by atoms with E-state index < -0.39 is 0 Å². The van der Waals surface area contributed by atoms with Crippen LogP contribution in [0.3, 0.4) is 0 Å². The highest BCUT2D eigenvalue weighted by atomic mass is 16.5. The van der Waals surface area contributed by atoms with Gasteiger partial charge in [0, 0.05) is 12.2 Å². The van der Waals surface area contributed by atoms with Crippen molar-refractivity contribution >= 4 is 5.69 Å². The Bertz CT molecular complexity index is 855. The molecule has 0 radical (unpaired) electrons. The summed E-state index contributed by atoms with van der Waals surface area (Å²) in [5.41, 5.74) is 5.92. The average molecular weight is 361 g/mol. The first-order valence-electron chi connectivity index (χ1n) is 9.38. The number of hydrogen-bond acceptors (Lipinski definition) is 3. The molecule has 3 aromatic rings. The SMILES string of the molecule is CCOc1cc(CNc2ccc(C)cc2)ccc1OCc1ccc(C)cc1. The lowest BCUT2D eigenvalue weighted by Gasteiger charge is -2.14. The van der Waals surface area contributed by atoms with Crippen molar-refractivity contribution in [3.05, 3.63) is 89.0 Å². The molecule has 0 bridgehead atoms. The number of anilines is 1. The predicted molar refractivity (Wildman–Crippen MR) is 112 cm³/mol. The first-order chi connectivity index (χ1) is 13.1. The van der Waals surface area contributed by atoms with Gasteiger partial charge in [0.25, 0.3) is 0 Å². The van der Waals surface area contributed by atoms with Gasteiger partial charge in [0.2, 0.25) is 0 Å². The number of aryl methyl sites for hydroxylation is 2. The molecule has 0 heterocycles. The molecule has 0 aliphatic heterocycles. The highest BCUT2D eigenvalue weighted by Gasteiger charge is 2.07. The second-order valence-electron chi connectivity index (χ2n) is 6.71. The quantitative estimate of drug-likeness (QED) is 0.542. The maximum absolute atomic E-state index is 6.00. The van der Waals surface area contributed by atoms with Crippen LogP contribution in [0.1, 0.15) is 29.2 Å². The standard InChI is InChI=1S/C24H27NO2/c1-4-26-24-15-21(16-25-22-12-7-19(3)8-13-22)11-14-23(24)27-17-20-9-5-18(2)6-10-20/h5-15,25H,4,16-17H2,1-3H3. The molecule has 0 aliphatic rings. The lowest BCUT2D eigenvalue weighted by atomic mass is 10.1. The van der Waals surface area contributed by atoms with Crippen molar-refractivity contribution in [3.8, 4) is 11.5 Å². The Kier molecular flexibility index (Phi) is 6.37. The fraction of sp³-hybridized carbons (Fsp3) is 0.250. The molecule has 3 aromatic carbocycles. The van der Waals surface area contributed by atoms with E-state index in [0.717, 1.165) is 34.9 Å². The van der Waals surface area contributed by atoms with E-state index in [1.807, 2.05) is 13.0 Å². The summed E-state index contributed by atoms with van der Waals surface area (Å²) in [7, 11) is 0. The Labute approximate surface area is 162 Å². The van der Waals surface area contributed by atoms with Crippen LogP contribution in [0.15, 0.2) is 66.7 Å². The fourth-order valence-corrected chi connectivity index (χ4v) is 2.77. The van der Waals surface area contributed by atoms with E-state index >= 15 is 0 Å². The van der Waals surface area contributed by atoms with Gasteiger partial charge < -0.3 is 14.8 Å². The van der Waals surface area contributed by atoms with Crippen LogP contribution >= 0.6 is 0 Å². The molecule has 0 spiro atoms. The van der Waals surface area contributed by atoms with Crippen LogP contribution < -0.4 is 14.8 Å². The average Bonchev–Trinajstić information content (AvgIpc) is 2.68. The van der Waals surface area contributed by atoms with Gasteiger partial charge in [-0.2, -0.15) is 0 Å². The summed E-state index contributed by atoms with van der Waals surface area (Å²) in [5.74, 6) is 1.56. The molecule has 3 heteroatoms. The van der Waals surface area contributed by atoms with Gasteiger partial charge >= 0.3 is 0 Å². The van der Waals surface area contributed by atoms with Crippen molar-refractivity contribution < 1.29 is 9.47 Å². The van der Waals surface area contributed by atoms with Crippen molar-refractivity contribution in [2.45, 2.75) is 33.9 Å². The summed E-state index contributed by atoms with van der Waals surface area (Å²) in [6, 6.07) is 22.9. The van der Waals surface area contributed by atoms with Gasteiger partial charge in [-0.1, -0.05) is 53.6 Å². The van der Waals surface area contributed by atoms with E-state index in [0.29, 0.717) is 13.2 Å². The molecular weight excluding hydrogens is 334 g/mol. The molecule has 3 nitrogen and oxygen atoms in total. The normalized spacial score (nSPS) is 10.5. The van der Waals surface area contributed by atoms with Gasteiger partial charge in [-0.25, -0.2) is 0 Å². The monoisotopic (exact) mass is 361 g/mol. The first-order valence-corrected chi connectivity index (χ1v) is 9.38. The third kappa shape index (κ3) is 5.52. The molecule has 0 aromatic heterocycles. The van der Waals surface area contributed by atoms with E-state index in [2.05, 4.69) is 79.8 Å². The van der Waals surface area contributed by atoms with Crippen LogP contribution in [0.2, 0.25) is 0 Å². The summed E-state index contributed by atoms with van der Waals surface area (Å²) < 4.78 is 11.8. The Balaban J connectivity index is 1.66. The Morgan fingerprint density at radius 1 is 0.704 bits per heavy atom. The Hall–Kier alpha value is -2.94. The highest BCUT2D eigenvalue weighted by molar-refractivity contribution is 5.47. The smallest absolute Gasteiger partial charge is 0.161 e. The molecule has 0 saturated carbocycles. The van der Waals surface area contributed by atoms with Gasteiger partial charge in [-0.05, 0) is 56.2 Å². The Morgan fingerprint density at radius 3 is 2.00 bits per heavy atom. The minimum absolute atomic E-state index is 0.529. The minimum Gasteiger partial charge on any atom is -0.490 e. The van der Waals surface area contributed by atoms with Gasteiger partial charge in [0.05, 0.1) is 6.61 Å². The molecule has 27 heavy (non-hydrogen) atoms. The van der Waals surface area contributed by atoms with Gasteiger partial charge in [0.15, 0.2) is 11.5 Å². The van der Waals surface area contributed by atoms with Crippen LogP contribution in [0.25, 0.3) is 0 Å². The van der Waals surface area contributed by atoms with Crippen LogP contribution in [-0.2, 0) is 13.2 Å². The molecule has 3 rings (SSSR count). The van der Waals surface area contributed by atoms with Crippen molar-refractivity contribution in [2.75, 3.05) is 11.9 Å². The zero-order valence-electron chi connectivity index (χ0n) is 16.3. The molecule has 0 saturated heterocycles.